The van der Waals surface area contributed by atoms with Gasteiger partial charge in [-0.25, -0.2) is 4.79 Å². The van der Waals surface area contributed by atoms with E-state index in [0.29, 0.717) is 0 Å². The van der Waals surface area contributed by atoms with Crippen LogP contribution in [0.3, 0.4) is 0 Å². The maximum Gasteiger partial charge on any atom is 0.334 e. The van der Waals surface area contributed by atoms with Crippen molar-refractivity contribution in [2.24, 2.45) is 0 Å². The predicted molar refractivity (Wildman–Crippen MR) is 70.8 cm³/mol. The molecule has 1 heterocycles. The number of benzene rings is 1. The molecule has 1 aliphatic heterocycles. The van der Waals surface area contributed by atoms with Gasteiger partial charge in [-0.05, 0) is 6.07 Å². The van der Waals surface area contributed by atoms with Crippen molar-refractivity contribution in [3.05, 3.63) is 33.9 Å². The van der Waals surface area contributed by atoms with Crippen LogP contribution in [0.4, 0.5) is 11.4 Å². The van der Waals surface area contributed by atoms with Crippen LogP contribution in [0, 0.1) is 10.1 Å². The van der Waals surface area contributed by atoms with Gasteiger partial charge in [0.05, 0.1) is 23.6 Å². The summed E-state index contributed by atoms with van der Waals surface area (Å²) in [7, 11) is 0. The highest BCUT2D eigenvalue weighted by Gasteiger charge is 2.31. The number of anilines is 1. The third kappa shape index (κ3) is 2.92. The molecule has 1 aromatic carbocycles. The van der Waals surface area contributed by atoms with Gasteiger partial charge in [-0.3, -0.25) is 14.9 Å². The molecular weight excluding hydrogens is 282 g/mol. The molecule has 1 fully saturated rings. The van der Waals surface area contributed by atoms with Gasteiger partial charge in [-0.2, -0.15) is 0 Å². The average molecular weight is 295 g/mol. The van der Waals surface area contributed by atoms with Gasteiger partial charge in [-0.1, -0.05) is 6.07 Å². The predicted octanol–water partition coefficient (Wildman–Crippen LogP) is 0.103. The number of nitrogen functional groups attached to an aromatic ring is 1. The second-order valence-electron chi connectivity index (χ2n) is 4.44. The Labute approximate surface area is 119 Å². The van der Waals surface area contributed by atoms with Crippen molar-refractivity contribution >= 4 is 23.3 Å². The quantitative estimate of drug-likeness (QED) is 0.458. The fraction of sp³-hybridized carbons (Fsp3) is 0.333. The summed E-state index contributed by atoms with van der Waals surface area (Å²) in [6.45, 7) is 0.151. The first-order valence-electron chi connectivity index (χ1n) is 6.08. The van der Waals surface area contributed by atoms with Gasteiger partial charge >= 0.3 is 5.97 Å². The largest absolute Gasteiger partial charge is 0.479 e. The van der Waals surface area contributed by atoms with E-state index >= 15 is 0 Å². The molecule has 0 bridgehead atoms. The lowest BCUT2D eigenvalue weighted by Crippen LogP contribution is -2.48. The highest BCUT2D eigenvalue weighted by atomic mass is 16.6. The summed E-state index contributed by atoms with van der Waals surface area (Å²) in [6.07, 6.45) is -1.11. The molecule has 0 spiro atoms. The number of ether oxygens (including phenoxy) is 1. The molecule has 0 saturated carbocycles. The lowest BCUT2D eigenvalue weighted by atomic mass is 10.1. The number of hydrogen-bond donors (Lipinski definition) is 2. The van der Waals surface area contributed by atoms with Crippen molar-refractivity contribution < 1.29 is 24.4 Å². The third-order valence-corrected chi connectivity index (χ3v) is 3.14. The Bertz CT molecular complexity index is 603. The van der Waals surface area contributed by atoms with Gasteiger partial charge in [0.15, 0.2) is 6.10 Å². The molecule has 0 radical (unpaired) electrons. The Morgan fingerprint density at radius 2 is 2.19 bits per heavy atom. The fourth-order valence-corrected chi connectivity index (χ4v) is 2.05. The zero-order chi connectivity index (χ0) is 15.6. The van der Waals surface area contributed by atoms with Crippen molar-refractivity contribution in [3.8, 4) is 0 Å². The topological polar surface area (TPSA) is 136 Å². The molecule has 9 nitrogen and oxygen atoms in total. The lowest BCUT2D eigenvalue weighted by Gasteiger charge is -2.31. The molecule has 0 aromatic heterocycles. The molecule has 9 heteroatoms. The molecule has 1 amide bonds. The van der Waals surface area contributed by atoms with Crippen LogP contribution in [0.5, 0.6) is 0 Å². The van der Waals surface area contributed by atoms with Crippen LogP contribution < -0.4 is 5.73 Å². The van der Waals surface area contributed by atoms with E-state index in [0.717, 1.165) is 0 Å². The SMILES string of the molecule is Nc1c(C(=O)N2CCOC(C(=O)O)C2)cccc1[N+](=O)[O-]. The van der Waals surface area contributed by atoms with Crippen molar-refractivity contribution in [2.75, 3.05) is 25.4 Å². The summed E-state index contributed by atoms with van der Waals surface area (Å²) in [5.41, 5.74) is 5.04. The van der Waals surface area contributed by atoms with E-state index in [1.54, 1.807) is 0 Å². The molecule has 112 valence electrons. The van der Waals surface area contributed by atoms with E-state index < -0.39 is 22.9 Å². The summed E-state index contributed by atoms with van der Waals surface area (Å²) in [5.74, 6) is -1.72. The van der Waals surface area contributed by atoms with Crippen LogP contribution in [0.25, 0.3) is 0 Å². The molecule has 2 rings (SSSR count). The Morgan fingerprint density at radius 1 is 1.48 bits per heavy atom. The third-order valence-electron chi connectivity index (χ3n) is 3.14. The van der Waals surface area contributed by atoms with E-state index in [1.807, 2.05) is 0 Å². The van der Waals surface area contributed by atoms with Crippen LogP contribution in [0.2, 0.25) is 0 Å². The summed E-state index contributed by atoms with van der Waals surface area (Å²) < 4.78 is 5.01. The second-order valence-corrected chi connectivity index (χ2v) is 4.44. The van der Waals surface area contributed by atoms with Crippen LogP contribution in [-0.2, 0) is 9.53 Å². The Hall–Kier alpha value is -2.68. The molecule has 1 aliphatic rings. The molecular formula is C12H13N3O6. The molecule has 1 unspecified atom stereocenters. The number of hydrogen-bond acceptors (Lipinski definition) is 6. The van der Waals surface area contributed by atoms with Gasteiger partial charge in [0.1, 0.15) is 5.69 Å². The highest BCUT2D eigenvalue weighted by molar-refractivity contribution is 6.01. The number of nitrogens with zero attached hydrogens (tertiary/aromatic N) is 2. The van der Waals surface area contributed by atoms with Crippen molar-refractivity contribution in [2.45, 2.75) is 6.10 Å². The summed E-state index contributed by atoms with van der Waals surface area (Å²) >= 11 is 0. The van der Waals surface area contributed by atoms with Crippen molar-refractivity contribution in [1.82, 2.24) is 4.90 Å². The number of amides is 1. The molecule has 1 aromatic rings. The number of carbonyl (C=O) groups excluding carboxylic acids is 1. The molecule has 1 atom stereocenters. The van der Waals surface area contributed by atoms with E-state index in [4.69, 9.17) is 15.6 Å². The first-order chi connectivity index (χ1) is 9.91. The van der Waals surface area contributed by atoms with Gasteiger partial charge < -0.3 is 20.5 Å². The maximum absolute atomic E-state index is 12.3. The zero-order valence-corrected chi connectivity index (χ0v) is 10.9. The number of nitrogens with two attached hydrogens (primary N) is 1. The van der Waals surface area contributed by atoms with E-state index in [-0.39, 0.29) is 36.6 Å². The number of aliphatic carboxylic acids is 1. The van der Waals surface area contributed by atoms with Crippen LogP contribution in [0.15, 0.2) is 18.2 Å². The normalized spacial score (nSPS) is 18.3. The number of carboxylic acid groups (broad SMARTS) is 1. The van der Waals surface area contributed by atoms with Crippen molar-refractivity contribution in [1.29, 1.82) is 0 Å². The van der Waals surface area contributed by atoms with Gasteiger partial charge in [0.2, 0.25) is 0 Å². The number of carboxylic acids is 1. The molecule has 21 heavy (non-hydrogen) atoms. The monoisotopic (exact) mass is 295 g/mol. The maximum atomic E-state index is 12.3. The molecule has 1 saturated heterocycles. The second kappa shape index (κ2) is 5.75. The minimum Gasteiger partial charge on any atom is -0.479 e. The summed E-state index contributed by atoms with van der Waals surface area (Å²) in [5, 5.41) is 19.7. The molecule has 3 N–H and O–H groups in total. The number of rotatable bonds is 3. The van der Waals surface area contributed by atoms with Gasteiger partial charge in [-0.15, -0.1) is 0 Å². The van der Waals surface area contributed by atoms with E-state index in [2.05, 4.69) is 0 Å². The summed E-state index contributed by atoms with van der Waals surface area (Å²) in [4.78, 5) is 34.6. The first kappa shape index (κ1) is 14.7. The first-order valence-corrected chi connectivity index (χ1v) is 6.08. The summed E-state index contributed by atoms with van der Waals surface area (Å²) in [6, 6.07) is 3.93. The van der Waals surface area contributed by atoms with Gasteiger partial charge in [0.25, 0.3) is 11.6 Å². The number of nitro groups is 1. The molecule has 0 aliphatic carbocycles. The number of morpholine rings is 1. The standard InChI is InChI=1S/C12H13N3O6/c13-10-7(2-1-3-8(10)15(19)20)11(16)14-4-5-21-9(6-14)12(17)18/h1-3,9H,4-6,13H2,(H,17,18). The Morgan fingerprint density at radius 3 is 2.81 bits per heavy atom. The minimum absolute atomic E-state index is 0.0183. The van der Waals surface area contributed by atoms with Crippen molar-refractivity contribution in [3.63, 3.8) is 0 Å². The van der Waals surface area contributed by atoms with Crippen LogP contribution in [-0.4, -0.2) is 52.6 Å². The number of para-hydroxylation sites is 1. The smallest absolute Gasteiger partial charge is 0.334 e. The Balaban J connectivity index is 2.26. The average Bonchev–Trinajstić information content (AvgIpc) is 2.46. The number of nitro benzene ring substituents is 1. The lowest BCUT2D eigenvalue weighted by molar-refractivity contribution is -0.383. The van der Waals surface area contributed by atoms with Crippen LogP contribution in [0.1, 0.15) is 10.4 Å². The van der Waals surface area contributed by atoms with E-state index in [9.17, 15) is 19.7 Å². The van der Waals surface area contributed by atoms with Gasteiger partial charge in [0, 0.05) is 12.6 Å². The Kier molecular flexibility index (Phi) is 4.03. The van der Waals surface area contributed by atoms with E-state index in [1.165, 1.54) is 23.1 Å². The minimum atomic E-state index is -1.17. The zero-order valence-electron chi connectivity index (χ0n) is 10.9. The number of carbonyl (C=O) groups is 2. The van der Waals surface area contributed by atoms with Crippen LogP contribution >= 0.6 is 0 Å². The fourth-order valence-electron chi connectivity index (χ4n) is 2.05. The highest BCUT2D eigenvalue weighted by Crippen LogP contribution is 2.26.